The fraction of sp³-hybridized carbons (Fsp3) is 0.188. The zero-order valence-corrected chi connectivity index (χ0v) is 13.1. The lowest BCUT2D eigenvalue weighted by Gasteiger charge is -2.08. The van der Waals surface area contributed by atoms with Gasteiger partial charge in [0, 0.05) is 12.1 Å². The van der Waals surface area contributed by atoms with E-state index in [2.05, 4.69) is 5.32 Å². The number of hydrogen-bond donors (Lipinski definition) is 2. The van der Waals surface area contributed by atoms with E-state index in [1.54, 1.807) is 24.3 Å². The maximum Gasteiger partial charge on any atom is 0.224 e. The van der Waals surface area contributed by atoms with Gasteiger partial charge in [0.05, 0.1) is 23.1 Å². The molecular weight excluding hydrogens is 328 g/mol. The summed E-state index contributed by atoms with van der Waals surface area (Å²) in [7, 11) is 0. The highest BCUT2D eigenvalue weighted by atomic mass is 35.5. The van der Waals surface area contributed by atoms with Crippen LogP contribution in [-0.2, 0) is 24.4 Å². The van der Waals surface area contributed by atoms with Gasteiger partial charge in [0.15, 0.2) is 0 Å². The van der Waals surface area contributed by atoms with Crippen molar-refractivity contribution in [2.24, 2.45) is 0 Å². The number of hydrogen-bond acceptors (Lipinski definition) is 2. The number of rotatable bonds is 5. The molecule has 0 aliphatic carbocycles. The van der Waals surface area contributed by atoms with E-state index >= 15 is 0 Å². The number of nitrogens with one attached hydrogen (secondary N) is 1. The van der Waals surface area contributed by atoms with Crippen molar-refractivity contribution in [1.29, 1.82) is 0 Å². The lowest BCUT2D eigenvalue weighted by molar-refractivity contribution is -0.120. The van der Waals surface area contributed by atoms with Gasteiger partial charge in [0.1, 0.15) is 5.82 Å². The van der Waals surface area contributed by atoms with Gasteiger partial charge in [-0.25, -0.2) is 4.39 Å². The molecule has 2 aromatic carbocycles. The molecule has 0 aliphatic rings. The van der Waals surface area contributed by atoms with Gasteiger partial charge in [0.2, 0.25) is 5.91 Å². The molecule has 22 heavy (non-hydrogen) atoms. The summed E-state index contributed by atoms with van der Waals surface area (Å²) in [5.74, 6) is -0.651. The third kappa shape index (κ3) is 4.44. The van der Waals surface area contributed by atoms with Crippen molar-refractivity contribution in [3.05, 3.63) is 69.0 Å². The first-order chi connectivity index (χ1) is 10.5. The Kier molecular flexibility index (Phi) is 5.77. The number of carbonyl (C=O) groups is 1. The van der Waals surface area contributed by atoms with Crippen molar-refractivity contribution in [2.45, 2.75) is 19.6 Å². The van der Waals surface area contributed by atoms with Crippen LogP contribution in [0.15, 0.2) is 36.4 Å². The Bertz CT molecular complexity index is 692. The van der Waals surface area contributed by atoms with Gasteiger partial charge >= 0.3 is 0 Å². The van der Waals surface area contributed by atoms with Gasteiger partial charge in [-0.15, -0.1) is 0 Å². The molecule has 0 spiro atoms. The summed E-state index contributed by atoms with van der Waals surface area (Å²) in [5.41, 5.74) is 1.67. The first-order valence-corrected chi connectivity index (χ1v) is 7.34. The molecule has 2 aromatic rings. The van der Waals surface area contributed by atoms with Gasteiger partial charge in [-0.3, -0.25) is 4.79 Å². The third-order valence-corrected chi connectivity index (χ3v) is 3.86. The molecule has 0 atom stereocenters. The maximum absolute atomic E-state index is 13.3. The van der Waals surface area contributed by atoms with E-state index in [1.807, 2.05) is 0 Å². The third-order valence-electron chi connectivity index (χ3n) is 3.12. The number of carbonyl (C=O) groups excluding carboxylic acids is 1. The molecule has 6 heteroatoms. The van der Waals surface area contributed by atoms with E-state index in [-0.39, 0.29) is 31.0 Å². The minimum atomic E-state index is -0.464. The first-order valence-electron chi connectivity index (χ1n) is 6.58. The molecule has 0 aromatic heterocycles. The van der Waals surface area contributed by atoms with Gasteiger partial charge in [-0.2, -0.15) is 0 Å². The SMILES string of the molecule is O=C(Cc1ccc(Cl)c(Cl)c1)NCc1ccc(F)c(CO)c1. The maximum atomic E-state index is 13.3. The number of halogens is 3. The standard InChI is InChI=1S/C16H14Cl2FNO2/c17-13-3-1-10(6-14(13)18)7-16(22)20-8-11-2-4-15(19)12(5-11)9-21/h1-6,21H,7-9H2,(H,20,22). The smallest absolute Gasteiger partial charge is 0.224 e. The monoisotopic (exact) mass is 341 g/mol. The van der Waals surface area contributed by atoms with Gasteiger partial charge < -0.3 is 10.4 Å². The summed E-state index contributed by atoms with van der Waals surface area (Å²) in [6, 6.07) is 9.37. The van der Waals surface area contributed by atoms with Crippen LogP contribution >= 0.6 is 23.2 Å². The summed E-state index contributed by atoms with van der Waals surface area (Å²) >= 11 is 11.7. The molecule has 0 bridgehead atoms. The molecule has 116 valence electrons. The zero-order chi connectivity index (χ0) is 16.1. The van der Waals surface area contributed by atoms with E-state index in [9.17, 15) is 9.18 Å². The van der Waals surface area contributed by atoms with E-state index in [1.165, 1.54) is 12.1 Å². The van der Waals surface area contributed by atoms with Crippen LogP contribution in [0.2, 0.25) is 10.0 Å². The largest absolute Gasteiger partial charge is 0.392 e. The number of aliphatic hydroxyl groups excluding tert-OH is 1. The van der Waals surface area contributed by atoms with Crippen LogP contribution in [0.1, 0.15) is 16.7 Å². The minimum absolute atomic E-state index is 0.172. The average molecular weight is 342 g/mol. The normalized spacial score (nSPS) is 10.5. The van der Waals surface area contributed by atoms with Gasteiger partial charge in [-0.05, 0) is 35.4 Å². The van der Waals surface area contributed by atoms with E-state index in [0.717, 1.165) is 5.56 Å². The Morgan fingerprint density at radius 1 is 1.09 bits per heavy atom. The molecule has 0 aliphatic heterocycles. The summed E-state index contributed by atoms with van der Waals surface area (Å²) in [4.78, 5) is 11.9. The highest BCUT2D eigenvalue weighted by Crippen LogP contribution is 2.22. The van der Waals surface area contributed by atoms with Crippen LogP contribution in [0.5, 0.6) is 0 Å². The predicted octanol–water partition coefficient (Wildman–Crippen LogP) is 3.48. The number of amides is 1. The van der Waals surface area contributed by atoms with Crippen molar-refractivity contribution < 1.29 is 14.3 Å². The van der Waals surface area contributed by atoms with Crippen LogP contribution < -0.4 is 5.32 Å². The molecule has 0 heterocycles. The highest BCUT2D eigenvalue weighted by Gasteiger charge is 2.07. The average Bonchev–Trinajstić information content (AvgIpc) is 2.50. The lowest BCUT2D eigenvalue weighted by atomic mass is 10.1. The van der Waals surface area contributed by atoms with E-state index in [0.29, 0.717) is 15.6 Å². The van der Waals surface area contributed by atoms with Crippen molar-refractivity contribution in [3.63, 3.8) is 0 Å². The molecule has 0 saturated heterocycles. The lowest BCUT2D eigenvalue weighted by Crippen LogP contribution is -2.24. The molecule has 0 saturated carbocycles. The molecule has 1 amide bonds. The summed E-state index contributed by atoms with van der Waals surface area (Å²) in [6.45, 7) is -0.121. The van der Waals surface area contributed by atoms with Crippen molar-refractivity contribution >= 4 is 29.1 Å². The number of benzene rings is 2. The second-order valence-electron chi connectivity index (χ2n) is 4.79. The molecule has 3 nitrogen and oxygen atoms in total. The Labute approximate surface area is 137 Å². The molecule has 2 rings (SSSR count). The molecule has 0 fully saturated rings. The van der Waals surface area contributed by atoms with Crippen LogP contribution in [0.3, 0.4) is 0 Å². The van der Waals surface area contributed by atoms with E-state index < -0.39 is 5.82 Å². The highest BCUT2D eigenvalue weighted by molar-refractivity contribution is 6.42. The Morgan fingerprint density at radius 3 is 2.50 bits per heavy atom. The van der Waals surface area contributed by atoms with E-state index in [4.69, 9.17) is 28.3 Å². The molecule has 0 radical (unpaired) electrons. The zero-order valence-electron chi connectivity index (χ0n) is 11.6. The quantitative estimate of drug-likeness (QED) is 0.874. The van der Waals surface area contributed by atoms with Crippen LogP contribution in [0, 0.1) is 5.82 Å². The summed E-state index contributed by atoms with van der Waals surface area (Å²) in [6.07, 6.45) is 0.172. The minimum Gasteiger partial charge on any atom is -0.392 e. The van der Waals surface area contributed by atoms with Crippen LogP contribution in [-0.4, -0.2) is 11.0 Å². The second-order valence-corrected chi connectivity index (χ2v) is 5.60. The van der Waals surface area contributed by atoms with Crippen LogP contribution in [0.25, 0.3) is 0 Å². The van der Waals surface area contributed by atoms with Gasteiger partial charge in [0.25, 0.3) is 0 Å². The summed E-state index contributed by atoms with van der Waals surface area (Å²) in [5, 5.41) is 12.6. The van der Waals surface area contributed by atoms with Crippen molar-refractivity contribution in [1.82, 2.24) is 5.32 Å². The Morgan fingerprint density at radius 2 is 1.82 bits per heavy atom. The molecular formula is C16H14Cl2FNO2. The number of aliphatic hydroxyl groups is 1. The van der Waals surface area contributed by atoms with Crippen molar-refractivity contribution in [2.75, 3.05) is 0 Å². The second kappa shape index (κ2) is 7.58. The molecule has 2 N–H and O–H groups in total. The fourth-order valence-corrected chi connectivity index (χ4v) is 2.28. The Hall–Kier alpha value is -1.62. The predicted molar refractivity (Wildman–Crippen MR) is 84.3 cm³/mol. The fourth-order valence-electron chi connectivity index (χ4n) is 1.96. The Balaban J connectivity index is 1.93. The molecule has 0 unspecified atom stereocenters. The van der Waals surface area contributed by atoms with Crippen molar-refractivity contribution in [3.8, 4) is 0 Å². The van der Waals surface area contributed by atoms with Crippen LogP contribution in [0.4, 0.5) is 4.39 Å². The summed E-state index contributed by atoms with van der Waals surface area (Å²) < 4.78 is 13.3. The van der Waals surface area contributed by atoms with Gasteiger partial charge in [-0.1, -0.05) is 35.3 Å². The first kappa shape index (κ1) is 16.7. The topological polar surface area (TPSA) is 49.3 Å².